The lowest BCUT2D eigenvalue weighted by Gasteiger charge is -2.23. The normalized spacial score (nSPS) is 21.6. The molecule has 2 atom stereocenters. The van der Waals surface area contributed by atoms with E-state index in [9.17, 15) is 4.79 Å². The minimum atomic E-state index is -0.155. The van der Waals surface area contributed by atoms with E-state index in [2.05, 4.69) is 22.1 Å². The predicted octanol–water partition coefficient (Wildman–Crippen LogP) is 2.08. The van der Waals surface area contributed by atoms with Crippen molar-refractivity contribution < 1.29 is 9.53 Å². The van der Waals surface area contributed by atoms with Crippen LogP contribution in [0.4, 0.5) is 0 Å². The molecule has 0 radical (unpaired) electrons. The van der Waals surface area contributed by atoms with Gasteiger partial charge in [0.05, 0.1) is 19.6 Å². The van der Waals surface area contributed by atoms with Crippen LogP contribution in [-0.2, 0) is 9.53 Å². The van der Waals surface area contributed by atoms with Crippen LogP contribution in [0, 0.1) is 0 Å². The molecule has 5 heteroatoms. The van der Waals surface area contributed by atoms with E-state index in [0.717, 1.165) is 25.9 Å². The van der Waals surface area contributed by atoms with Gasteiger partial charge in [-0.15, -0.1) is 11.3 Å². The summed E-state index contributed by atoms with van der Waals surface area (Å²) in [7, 11) is 1.45. The predicted molar refractivity (Wildman–Crippen MR) is 77.3 cm³/mol. The van der Waals surface area contributed by atoms with E-state index in [4.69, 9.17) is 4.74 Å². The van der Waals surface area contributed by atoms with Gasteiger partial charge in [0.15, 0.2) is 0 Å². The van der Waals surface area contributed by atoms with E-state index in [1.54, 1.807) is 11.3 Å². The molecule has 0 bridgehead atoms. The maximum atomic E-state index is 11.6. The first kappa shape index (κ1) is 14.5. The number of thiophene rings is 1. The Kier molecular flexibility index (Phi) is 5.82. The van der Waals surface area contributed by atoms with E-state index in [1.807, 2.05) is 6.07 Å². The first-order chi connectivity index (χ1) is 9.29. The van der Waals surface area contributed by atoms with Crippen molar-refractivity contribution in [2.75, 3.05) is 20.2 Å². The van der Waals surface area contributed by atoms with Crippen LogP contribution >= 0.6 is 11.3 Å². The first-order valence-electron chi connectivity index (χ1n) is 6.86. The molecule has 0 aromatic carbocycles. The largest absolute Gasteiger partial charge is 0.469 e. The molecule has 19 heavy (non-hydrogen) atoms. The summed E-state index contributed by atoms with van der Waals surface area (Å²) in [6.07, 6.45) is 3.87. The van der Waals surface area contributed by atoms with E-state index < -0.39 is 0 Å². The van der Waals surface area contributed by atoms with Gasteiger partial charge in [-0.3, -0.25) is 4.79 Å². The summed E-state index contributed by atoms with van der Waals surface area (Å²) in [4.78, 5) is 12.8. The van der Waals surface area contributed by atoms with Crippen LogP contribution in [0.15, 0.2) is 17.5 Å². The number of nitrogens with one attached hydrogen (secondary N) is 2. The van der Waals surface area contributed by atoms with Crippen LogP contribution in [-0.4, -0.2) is 32.2 Å². The zero-order chi connectivity index (χ0) is 13.5. The average Bonchev–Trinajstić information content (AvgIpc) is 2.83. The molecule has 0 spiro atoms. The second-order valence-electron chi connectivity index (χ2n) is 4.89. The molecular weight excluding hydrogens is 260 g/mol. The monoisotopic (exact) mass is 282 g/mol. The molecule has 4 nitrogen and oxygen atoms in total. The number of rotatable bonds is 5. The molecule has 0 aliphatic carbocycles. The van der Waals surface area contributed by atoms with E-state index in [1.165, 1.54) is 18.4 Å². The van der Waals surface area contributed by atoms with Crippen LogP contribution in [0.5, 0.6) is 0 Å². The molecule has 1 fully saturated rings. The van der Waals surface area contributed by atoms with Gasteiger partial charge < -0.3 is 15.4 Å². The fourth-order valence-electron chi connectivity index (χ4n) is 2.45. The maximum absolute atomic E-state index is 11.6. The van der Waals surface area contributed by atoms with Crippen molar-refractivity contribution in [3.05, 3.63) is 22.4 Å². The van der Waals surface area contributed by atoms with Gasteiger partial charge in [-0.2, -0.15) is 0 Å². The lowest BCUT2D eigenvalue weighted by atomic mass is 10.1. The highest BCUT2D eigenvalue weighted by Crippen LogP contribution is 2.24. The fraction of sp³-hybridized carbons (Fsp3) is 0.643. The summed E-state index contributed by atoms with van der Waals surface area (Å²) in [6.45, 7) is 2.14. The zero-order valence-electron chi connectivity index (χ0n) is 11.4. The minimum Gasteiger partial charge on any atom is -0.469 e. The van der Waals surface area contributed by atoms with Crippen molar-refractivity contribution in [2.24, 2.45) is 0 Å². The summed E-state index contributed by atoms with van der Waals surface area (Å²) in [5, 5.41) is 9.09. The Morgan fingerprint density at radius 2 is 2.47 bits per heavy atom. The quantitative estimate of drug-likeness (QED) is 0.812. The number of carbonyl (C=O) groups is 1. The highest BCUT2D eigenvalue weighted by molar-refractivity contribution is 7.10. The van der Waals surface area contributed by atoms with Gasteiger partial charge in [-0.25, -0.2) is 0 Å². The number of ether oxygens (including phenoxy) is 1. The van der Waals surface area contributed by atoms with E-state index >= 15 is 0 Å². The fourth-order valence-corrected chi connectivity index (χ4v) is 3.24. The molecule has 2 rings (SSSR count). The van der Waals surface area contributed by atoms with Crippen molar-refractivity contribution in [1.29, 1.82) is 0 Å². The highest BCUT2D eigenvalue weighted by atomic mass is 32.1. The second kappa shape index (κ2) is 7.62. The van der Waals surface area contributed by atoms with Crippen LogP contribution in [0.25, 0.3) is 0 Å². The SMILES string of the molecule is COC(=O)CC(NC1CCCNCC1)c1cccs1. The second-order valence-corrected chi connectivity index (χ2v) is 5.87. The van der Waals surface area contributed by atoms with Gasteiger partial charge >= 0.3 is 5.97 Å². The van der Waals surface area contributed by atoms with E-state index in [-0.39, 0.29) is 12.0 Å². The average molecular weight is 282 g/mol. The zero-order valence-corrected chi connectivity index (χ0v) is 12.2. The van der Waals surface area contributed by atoms with E-state index in [0.29, 0.717) is 12.5 Å². The van der Waals surface area contributed by atoms with Crippen LogP contribution in [0.2, 0.25) is 0 Å². The Labute approximate surface area is 118 Å². The maximum Gasteiger partial charge on any atom is 0.307 e. The van der Waals surface area contributed by atoms with Crippen molar-refractivity contribution in [3.8, 4) is 0 Å². The number of methoxy groups -OCH3 is 1. The van der Waals surface area contributed by atoms with Crippen LogP contribution < -0.4 is 10.6 Å². The van der Waals surface area contributed by atoms with Gasteiger partial charge in [-0.1, -0.05) is 6.07 Å². The third-order valence-electron chi connectivity index (χ3n) is 3.50. The molecule has 106 valence electrons. The lowest BCUT2D eigenvalue weighted by molar-refractivity contribution is -0.141. The first-order valence-corrected chi connectivity index (χ1v) is 7.74. The summed E-state index contributed by atoms with van der Waals surface area (Å²) in [5.41, 5.74) is 0. The molecule has 1 aliphatic heterocycles. The summed E-state index contributed by atoms with van der Waals surface area (Å²) < 4.78 is 4.81. The van der Waals surface area contributed by atoms with Gasteiger partial charge in [0.1, 0.15) is 0 Å². The standard InChI is InChI=1S/C14H22N2O2S/c1-18-14(17)10-12(13-5-3-9-19-13)16-11-4-2-7-15-8-6-11/h3,5,9,11-12,15-16H,2,4,6-8,10H2,1H3. The summed E-state index contributed by atoms with van der Waals surface area (Å²) in [5.74, 6) is -0.155. The Morgan fingerprint density at radius 1 is 1.58 bits per heavy atom. The molecule has 2 N–H and O–H groups in total. The smallest absolute Gasteiger partial charge is 0.307 e. The molecular formula is C14H22N2O2S. The van der Waals surface area contributed by atoms with Crippen LogP contribution in [0.3, 0.4) is 0 Å². The molecule has 0 saturated carbocycles. The topological polar surface area (TPSA) is 50.4 Å². The molecule has 1 aromatic heterocycles. The van der Waals surface area contributed by atoms with Gasteiger partial charge in [0.25, 0.3) is 0 Å². The molecule has 2 heterocycles. The summed E-state index contributed by atoms with van der Waals surface area (Å²) in [6, 6.07) is 4.67. The minimum absolute atomic E-state index is 0.0792. The number of carbonyl (C=O) groups excluding carboxylic acids is 1. The number of esters is 1. The van der Waals surface area contributed by atoms with Crippen molar-refractivity contribution in [3.63, 3.8) is 0 Å². The van der Waals surface area contributed by atoms with Gasteiger partial charge in [0.2, 0.25) is 0 Å². The van der Waals surface area contributed by atoms with Gasteiger partial charge in [-0.05, 0) is 43.8 Å². The molecule has 1 aromatic rings. The highest BCUT2D eigenvalue weighted by Gasteiger charge is 2.21. The molecule has 1 aliphatic rings. The van der Waals surface area contributed by atoms with Crippen LogP contribution in [0.1, 0.15) is 36.6 Å². The van der Waals surface area contributed by atoms with Crippen molar-refractivity contribution >= 4 is 17.3 Å². The Morgan fingerprint density at radius 3 is 3.21 bits per heavy atom. The molecule has 0 amide bonds. The number of hydrogen-bond donors (Lipinski definition) is 2. The third kappa shape index (κ3) is 4.60. The third-order valence-corrected chi connectivity index (χ3v) is 4.48. The van der Waals surface area contributed by atoms with Gasteiger partial charge in [0, 0.05) is 10.9 Å². The Balaban J connectivity index is 1.98. The molecule has 2 unspecified atom stereocenters. The number of hydrogen-bond acceptors (Lipinski definition) is 5. The van der Waals surface area contributed by atoms with Crippen molar-refractivity contribution in [1.82, 2.24) is 10.6 Å². The van der Waals surface area contributed by atoms with Crippen molar-refractivity contribution in [2.45, 2.75) is 37.8 Å². The molecule has 1 saturated heterocycles. The Hall–Kier alpha value is -0.910. The summed E-state index contributed by atoms with van der Waals surface area (Å²) >= 11 is 1.69. The Bertz CT molecular complexity index is 373. The lowest BCUT2D eigenvalue weighted by Crippen LogP contribution is -2.34.